The lowest BCUT2D eigenvalue weighted by atomic mass is 10.3. The molecule has 0 aliphatic carbocycles. The fraction of sp³-hybridized carbons (Fsp3) is 0.267. The van der Waals surface area contributed by atoms with Gasteiger partial charge in [0.15, 0.2) is 0 Å². The first-order valence-corrected chi connectivity index (χ1v) is 7.63. The van der Waals surface area contributed by atoms with E-state index in [-0.39, 0.29) is 5.91 Å². The van der Waals surface area contributed by atoms with Crippen molar-refractivity contribution in [1.82, 2.24) is 14.9 Å². The van der Waals surface area contributed by atoms with Gasteiger partial charge in [-0.15, -0.1) is 0 Å². The molecule has 0 atom stereocenters. The molecule has 0 bridgehead atoms. The van der Waals surface area contributed by atoms with Gasteiger partial charge in [0.1, 0.15) is 5.69 Å². The molecule has 0 saturated carbocycles. The van der Waals surface area contributed by atoms with Crippen LogP contribution in [-0.2, 0) is 0 Å². The molecule has 0 unspecified atom stereocenters. The van der Waals surface area contributed by atoms with Gasteiger partial charge < -0.3 is 15.5 Å². The van der Waals surface area contributed by atoms with Crippen LogP contribution >= 0.6 is 15.9 Å². The molecule has 1 aromatic heterocycles. The maximum Gasteiger partial charge on any atom is 0.274 e. The van der Waals surface area contributed by atoms with E-state index in [0.29, 0.717) is 23.9 Å². The van der Waals surface area contributed by atoms with Gasteiger partial charge in [0.2, 0.25) is 5.95 Å². The predicted molar refractivity (Wildman–Crippen MR) is 91.2 cm³/mol. The van der Waals surface area contributed by atoms with Gasteiger partial charge >= 0.3 is 0 Å². The molecule has 116 valence electrons. The van der Waals surface area contributed by atoms with Crippen molar-refractivity contribution in [3.05, 3.63) is 46.7 Å². The molecule has 0 aliphatic rings. The molecule has 0 spiro atoms. The maximum atomic E-state index is 12.2. The summed E-state index contributed by atoms with van der Waals surface area (Å²) in [6, 6.07) is 9.01. The van der Waals surface area contributed by atoms with Crippen LogP contribution in [0.25, 0.3) is 0 Å². The number of nitrogens with zero attached hydrogens (tertiary/aromatic N) is 3. The predicted octanol–water partition coefficient (Wildman–Crippen LogP) is 2.46. The van der Waals surface area contributed by atoms with Crippen molar-refractivity contribution in [3.8, 4) is 0 Å². The summed E-state index contributed by atoms with van der Waals surface area (Å²) in [7, 11) is 3.98. The van der Waals surface area contributed by atoms with Crippen molar-refractivity contribution < 1.29 is 4.79 Å². The lowest BCUT2D eigenvalue weighted by molar-refractivity contribution is 0.102. The van der Waals surface area contributed by atoms with Crippen LogP contribution in [0, 0.1) is 0 Å². The van der Waals surface area contributed by atoms with Gasteiger partial charge in [-0.3, -0.25) is 4.79 Å². The molecule has 7 heteroatoms. The summed E-state index contributed by atoms with van der Waals surface area (Å²) in [5.41, 5.74) is 1.02. The second-order valence-corrected chi connectivity index (χ2v) is 5.78. The Hall–Kier alpha value is -1.99. The van der Waals surface area contributed by atoms with Crippen LogP contribution in [0.4, 0.5) is 11.6 Å². The van der Waals surface area contributed by atoms with E-state index in [0.717, 1.165) is 11.0 Å². The van der Waals surface area contributed by atoms with E-state index in [1.807, 2.05) is 38.4 Å². The molecular formula is C15H18BrN5O. The van der Waals surface area contributed by atoms with Crippen molar-refractivity contribution in [2.75, 3.05) is 37.8 Å². The SMILES string of the molecule is CN(C)CCNc1nccc(C(=O)Nc2ccccc2Br)n1. The van der Waals surface area contributed by atoms with Gasteiger partial charge in [-0.05, 0) is 48.2 Å². The topological polar surface area (TPSA) is 70.2 Å². The number of halogens is 1. The number of hydrogen-bond acceptors (Lipinski definition) is 5. The summed E-state index contributed by atoms with van der Waals surface area (Å²) in [5, 5.41) is 5.91. The molecule has 1 aromatic carbocycles. The molecule has 2 aromatic rings. The number of anilines is 2. The molecule has 1 heterocycles. The Morgan fingerprint density at radius 3 is 2.77 bits per heavy atom. The zero-order valence-electron chi connectivity index (χ0n) is 12.5. The summed E-state index contributed by atoms with van der Waals surface area (Å²) in [5.74, 6) is 0.173. The van der Waals surface area contributed by atoms with E-state index in [9.17, 15) is 4.79 Å². The summed E-state index contributed by atoms with van der Waals surface area (Å²) in [6.45, 7) is 1.57. The summed E-state index contributed by atoms with van der Waals surface area (Å²) in [4.78, 5) is 22.6. The van der Waals surface area contributed by atoms with E-state index < -0.39 is 0 Å². The van der Waals surface area contributed by atoms with Crippen LogP contribution < -0.4 is 10.6 Å². The van der Waals surface area contributed by atoms with Gasteiger partial charge in [0, 0.05) is 23.8 Å². The molecular weight excluding hydrogens is 346 g/mol. The smallest absolute Gasteiger partial charge is 0.274 e. The second kappa shape index (κ2) is 7.86. The van der Waals surface area contributed by atoms with Gasteiger partial charge in [0.05, 0.1) is 5.69 Å². The lowest BCUT2D eigenvalue weighted by Gasteiger charge is -2.11. The van der Waals surface area contributed by atoms with Crippen molar-refractivity contribution in [2.24, 2.45) is 0 Å². The number of carbonyl (C=O) groups excluding carboxylic acids is 1. The number of nitrogens with one attached hydrogen (secondary N) is 2. The van der Waals surface area contributed by atoms with Gasteiger partial charge in [-0.2, -0.15) is 0 Å². The van der Waals surface area contributed by atoms with Crippen molar-refractivity contribution in [1.29, 1.82) is 0 Å². The van der Waals surface area contributed by atoms with Gasteiger partial charge in [-0.25, -0.2) is 9.97 Å². The number of para-hydroxylation sites is 1. The number of aromatic nitrogens is 2. The minimum atomic E-state index is -0.273. The largest absolute Gasteiger partial charge is 0.353 e. The number of benzene rings is 1. The number of hydrogen-bond donors (Lipinski definition) is 2. The molecule has 2 rings (SSSR count). The van der Waals surface area contributed by atoms with Crippen LogP contribution in [0.5, 0.6) is 0 Å². The Morgan fingerprint density at radius 2 is 2.05 bits per heavy atom. The highest BCUT2D eigenvalue weighted by molar-refractivity contribution is 9.10. The Labute approximate surface area is 138 Å². The monoisotopic (exact) mass is 363 g/mol. The standard InChI is InChI=1S/C15H18BrN5O/c1-21(2)10-9-18-15-17-8-7-13(20-15)14(22)19-12-6-4-3-5-11(12)16/h3-8H,9-10H2,1-2H3,(H,19,22)(H,17,18,20). The molecule has 0 fully saturated rings. The first-order valence-electron chi connectivity index (χ1n) is 6.84. The number of amides is 1. The van der Waals surface area contributed by atoms with Gasteiger partial charge in [-0.1, -0.05) is 12.1 Å². The molecule has 6 nitrogen and oxygen atoms in total. The van der Waals surface area contributed by atoms with E-state index in [1.54, 1.807) is 12.3 Å². The second-order valence-electron chi connectivity index (χ2n) is 4.93. The van der Waals surface area contributed by atoms with Crippen LogP contribution in [-0.4, -0.2) is 48.0 Å². The lowest BCUT2D eigenvalue weighted by Crippen LogP contribution is -2.22. The zero-order valence-corrected chi connectivity index (χ0v) is 14.1. The van der Waals surface area contributed by atoms with Crippen LogP contribution in [0.15, 0.2) is 41.0 Å². The van der Waals surface area contributed by atoms with Crippen molar-refractivity contribution >= 4 is 33.5 Å². The molecule has 0 radical (unpaired) electrons. The summed E-state index contributed by atoms with van der Waals surface area (Å²) < 4.78 is 0.821. The van der Waals surface area contributed by atoms with Crippen LogP contribution in [0.1, 0.15) is 10.5 Å². The third-order valence-electron chi connectivity index (χ3n) is 2.85. The zero-order chi connectivity index (χ0) is 15.9. The number of likely N-dealkylation sites (N-methyl/N-ethyl adjacent to an activating group) is 1. The van der Waals surface area contributed by atoms with E-state index in [2.05, 4.69) is 41.4 Å². The quantitative estimate of drug-likeness (QED) is 0.824. The average Bonchev–Trinajstić information content (AvgIpc) is 2.49. The first kappa shape index (κ1) is 16.4. The molecule has 1 amide bonds. The molecule has 0 saturated heterocycles. The van der Waals surface area contributed by atoms with Gasteiger partial charge in [0.25, 0.3) is 5.91 Å². The minimum absolute atomic E-state index is 0.273. The van der Waals surface area contributed by atoms with E-state index >= 15 is 0 Å². The Balaban J connectivity index is 2.02. The Bertz CT molecular complexity index is 647. The summed E-state index contributed by atoms with van der Waals surface area (Å²) >= 11 is 3.40. The van der Waals surface area contributed by atoms with Crippen molar-refractivity contribution in [2.45, 2.75) is 0 Å². The molecule has 0 aliphatic heterocycles. The summed E-state index contributed by atoms with van der Waals surface area (Å²) in [6.07, 6.45) is 1.57. The molecule has 2 N–H and O–H groups in total. The maximum absolute atomic E-state index is 12.2. The highest BCUT2D eigenvalue weighted by atomic mass is 79.9. The number of carbonyl (C=O) groups is 1. The fourth-order valence-corrected chi connectivity index (χ4v) is 2.09. The van der Waals surface area contributed by atoms with E-state index in [1.165, 1.54) is 0 Å². The Kier molecular flexibility index (Phi) is 5.85. The van der Waals surface area contributed by atoms with Crippen molar-refractivity contribution in [3.63, 3.8) is 0 Å². The normalized spacial score (nSPS) is 10.5. The fourth-order valence-electron chi connectivity index (χ4n) is 1.71. The minimum Gasteiger partial charge on any atom is -0.353 e. The highest BCUT2D eigenvalue weighted by Gasteiger charge is 2.10. The highest BCUT2D eigenvalue weighted by Crippen LogP contribution is 2.21. The van der Waals surface area contributed by atoms with Crippen LogP contribution in [0.2, 0.25) is 0 Å². The third-order valence-corrected chi connectivity index (χ3v) is 3.54. The Morgan fingerprint density at radius 1 is 1.27 bits per heavy atom. The first-order chi connectivity index (χ1) is 10.6. The average molecular weight is 364 g/mol. The van der Waals surface area contributed by atoms with E-state index in [4.69, 9.17) is 0 Å². The van der Waals surface area contributed by atoms with Crippen LogP contribution in [0.3, 0.4) is 0 Å². The third kappa shape index (κ3) is 4.78. The number of rotatable bonds is 6. The molecule has 22 heavy (non-hydrogen) atoms.